The van der Waals surface area contributed by atoms with Gasteiger partial charge in [0, 0.05) is 30.8 Å². The molecule has 0 bridgehead atoms. The molecule has 0 saturated carbocycles. The van der Waals surface area contributed by atoms with Crippen LogP contribution in [0, 0.1) is 26.7 Å². The third-order valence-electron chi connectivity index (χ3n) is 7.57. The van der Waals surface area contributed by atoms with E-state index in [1.165, 1.54) is 42.5 Å². The molecule has 0 fully saturated rings. The van der Waals surface area contributed by atoms with E-state index in [2.05, 4.69) is 9.88 Å². The summed E-state index contributed by atoms with van der Waals surface area (Å²) in [6.07, 6.45) is -0.833. The Bertz CT molecular complexity index is 1670. The Balaban J connectivity index is 1.69. The van der Waals surface area contributed by atoms with Gasteiger partial charge in [-0.3, -0.25) is 9.52 Å². The summed E-state index contributed by atoms with van der Waals surface area (Å²) in [4.78, 5) is 15.1. The van der Waals surface area contributed by atoms with Gasteiger partial charge in [0.2, 0.25) is 15.9 Å². The van der Waals surface area contributed by atoms with Crippen LogP contribution in [0.3, 0.4) is 0 Å². The van der Waals surface area contributed by atoms with Crippen molar-refractivity contribution in [2.24, 2.45) is 5.92 Å². The lowest BCUT2D eigenvalue weighted by molar-refractivity contribution is -0.134. The Morgan fingerprint density at radius 3 is 2.40 bits per heavy atom. The molecule has 3 aromatic rings. The largest absolute Gasteiger partial charge is 0.488 e. The minimum atomic E-state index is -3.99. The monoisotopic (exact) mass is 634 g/mol. The number of hydrogen-bond donors (Lipinski definition) is 2. The van der Waals surface area contributed by atoms with E-state index in [-0.39, 0.29) is 64.9 Å². The predicted octanol–water partition coefficient (Wildman–Crippen LogP) is 2.87. The summed E-state index contributed by atoms with van der Waals surface area (Å²) >= 11 is 0. The number of aryl methyl sites for hydroxylation is 3. The first-order valence-corrected chi connectivity index (χ1v) is 16.7. The molecule has 1 amide bonds. The van der Waals surface area contributed by atoms with Crippen LogP contribution >= 0.6 is 0 Å². The molecule has 12 nitrogen and oxygen atoms in total. The zero-order chi connectivity index (χ0) is 31.7. The fourth-order valence-electron chi connectivity index (χ4n) is 4.99. The van der Waals surface area contributed by atoms with E-state index in [0.29, 0.717) is 11.3 Å². The van der Waals surface area contributed by atoms with E-state index in [0.717, 1.165) is 5.56 Å². The van der Waals surface area contributed by atoms with Gasteiger partial charge in [-0.2, -0.15) is 4.31 Å². The topological polar surface area (TPSA) is 159 Å². The molecule has 0 spiro atoms. The molecule has 43 heavy (non-hydrogen) atoms. The number of aliphatic hydroxyl groups is 1. The van der Waals surface area contributed by atoms with Gasteiger partial charge in [-0.15, -0.1) is 0 Å². The van der Waals surface area contributed by atoms with Crippen LogP contribution in [0.25, 0.3) is 0 Å². The Kier molecular flexibility index (Phi) is 9.54. The van der Waals surface area contributed by atoms with Gasteiger partial charge >= 0.3 is 0 Å². The zero-order valence-electron chi connectivity index (χ0n) is 25.1. The van der Waals surface area contributed by atoms with Crippen molar-refractivity contribution in [2.45, 2.75) is 63.0 Å². The van der Waals surface area contributed by atoms with Gasteiger partial charge in [0.1, 0.15) is 22.4 Å². The Hall–Kier alpha value is -3.46. The number of anilines is 1. The number of likely N-dealkylation sites (N-methyl/N-ethyl adjacent to an activating group) is 1. The summed E-state index contributed by atoms with van der Waals surface area (Å²) in [6.45, 7) is 8.37. The highest BCUT2D eigenvalue weighted by atomic mass is 32.2. The van der Waals surface area contributed by atoms with Crippen LogP contribution in [-0.2, 0) is 31.3 Å². The van der Waals surface area contributed by atoms with Gasteiger partial charge in [0.05, 0.1) is 30.5 Å². The molecule has 1 aliphatic rings. The van der Waals surface area contributed by atoms with Crippen LogP contribution in [0.15, 0.2) is 56.8 Å². The molecule has 3 atom stereocenters. The van der Waals surface area contributed by atoms with E-state index in [1.807, 2.05) is 13.8 Å². The lowest BCUT2D eigenvalue weighted by Crippen LogP contribution is -2.48. The standard InChI is InChI=1S/C29H38N4O8S2/c1-18-7-10-25(11-8-18)42(36,37)31-24-9-12-26-23(13-24)14-28(35)33(20(3)17-34)15-19(2)27(40-26)16-32(6)43(38,39)29-21(4)30-41-22(29)5/h7-13,19-20,27,31,34H,14-17H2,1-6H3/t19-,20+,27-/m0/s1. The van der Waals surface area contributed by atoms with Crippen molar-refractivity contribution in [1.82, 2.24) is 14.4 Å². The Labute approximate surface area is 252 Å². The van der Waals surface area contributed by atoms with E-state index >= 15 is 0 Å². The van der Waals surface area contributed by atoms with Crippen LogP contribution in [0.4, 0.5) is 5.69 Å². The smallest absolute Gasteiger partial charge is 0.261 e. The summed E-state index contributed by atoms with van der Waals surface area (Å²) in [6, 6.07) is 10.6. The number of nitrogens with one attached hydrogen (secondary N) is 1. The minimum Gasteiger partial charge on any atom is -0.488 e. The van der Waals surface area contributed by atoms with E-state index in [9.17, 15) is 26.7 Å². The van der Waals surface area contributed by atoms with Gasteiger partial charge < -0.3 is 19.3 Å². The molecule has 0 unspecified atom stereocenters. The molecule has 0 aliphatic carbocycles. The highest BCUT2D eigenvalue weighted by Crippen LogP contribution is 2.31. The summed E-state index contributed by atoms with van der Waals surface area (Å²) in [5, 5.41) is 13.7. The number of rotatable bonds is 9. The molecular formula is C29H38N4O8S2. The second kappa shape index (κ2) is 12.6. The van der Waals surface area contributed by atoms with Crippen molar-refractivity contribution in [1.29, 1.82) is 0 Å². The maximum absolute atomic E-state index is 13.5. The van der Waals surface area contributed by atoms with Crippen LogP contribution < -0.4 is 9.46 Å². The number of aromatic nitrogens is 1. The first-order valence-electron chi connectivity index (χ1n) is 13.8. The first kappa shape index (κ1) is 32.5. The molecular weight excluding hydrogens is 596 g/mol. The van der Waals surface area contributed by atoms with Crippen molar-refractivity contribution in [3.8, 4) is 5.75 Å². The molecule has 0 saturated heterocycles. The number of aliphatic hydroxyl groups excluding tert-OH is 1. The molecule has 4 rings (SSSR count). The average Bonchev–Trinajstić information content (AvgIpc) is 3.31. The number of nitrogens with zero attached hydrogens (tertiary/aromatic N) is 3. The quantitative estimate of drug-likeness (QED) is 0.361. The van der Waals surface area contributed by atoms with Crippen LogP contribution in [0.1, 0.15) is 36.4 Å². The van der Waals surface area contributed by atoms with E-state index < -0.39 is 32.2 Å². The third kappa shape index (κ3) is 7.03. The SMILES string of the molecule is Cc1ccc(S(=O)(=O)Nc2ccc3c(c2)CC(=O)N([C@H](C)CO)C[C@H](C)[C@H](CN(C)S(=O)(=O)c2c(C)noc2C)O3)cc1. The molecule has 234 valence electrons. The van der Waals surface area contributed by atoms with Crippen molar-refractivity contribution < 1.29 is 36.0 Å². The third-order valence-corrected chi connectivity index (χ3v) is 11.0. The Morgan fingerprint density at radius 2 is 1.79 bits per heavy atom. The summed E-state index contributed by atoms with van der Waals surface area (Å²) in [7, 11) is -6.46. The van der Waals surface area contributed by atoms with Gasteiger partial charge in [-0.1, -0.05) is 29.8 Å². The zero-order valence-corrected chi connectivity index (χ0v) is 26.7. The summed E-state index contributed by atoms with van der Waals surface area (Å²) < 4.78 is 68.2. The number of benzene rings is 2. The number of amides is 1. The number of ether oxygens (including phenoxy) is 1. The minimum absolute atomic E-state index is 0.0117. The van der Waals surface area contributed by atoms with Gasteiger partial charge in [0.25, 0.3) is 10.0 Å². The maximum atomic E-state index is 13.5. The van der Waals surface area contributed by atoms with Gasteiger partial charge in [0.15, 0.2) is 5.76 Å². The molecule has 2 aromatic carbocycles. The molecule has 1 aliphatic heterocycles. The van der Waals surface area contributed by atoms with Crippen LogP contribution in [-0.4, -0.2) is 81.1 Å². The molecule has 2 heterocycles. The molecule has 1 aromatic heterocycles. The van der Waals surface area contributed by atoms with Crippen molar-refractivity contribution in [3.63, 3.8) is 0 Å². The average molecular weight is 635 g/mol. The number of fused-ring (bicyclic) bond motifs is 1. The second-order valence-corrected chi connectivity index (χ2v) is 14.7. The van der Waals surface area contributed by atoms with Crippen molar-refractivity contribution >= 4 is 31.6 Å². The predicted molar refractivity (Wildman–Crippen MR) is 160 cm³/mol. The lowest BCUT2D eigenvalue weighted by Gasteiger charge is -2.33. The van der Waals surface area contributed by atoms with Crippen molar-refractivity contribution in [3.05, 3.63) is 65.0 Å². The summed E-state index contributed by atoms with van der Waals surface area (Å²) in [5.41, 5.74) is 1.81. The number of carbonyl (C=O) groups excluding carboxylic acids is 1. The normalized spacial score (nSPS) is 18.8. The first-order chi connectivity index (χ1) is 20.1. The highest BCUT2D eigenvalue weighted by Gasteiger charge is 2.35. The number of carbonyl (C=O) groups is 1. The van der Waals surface area contributed by atoms with Crippen LogP contribution in [0.5, 0.6) is 5.75 Å². The maximum Gasteiger partial charge on any atom is 0.261 e. The fraction of sp³-hybridized carbons (Fsp3) is 0.448. The molecule has 0 radical (unpaired) electrons. The van der Waals surface area contributed by atoms with E-state index in [4.69, 9.17) is 9.26 Å². The summed E-state index contributed by atoms with van der Waals surface area (Å²) in [5.74, 6) is -0.141. The van der Waals surface area contributed by atoms with Gasteiger partial charge in [-0.25, -0.2) is 16.8 Å². The van der Waals surface area contributed by atoms with Crippen molar-refractivity contribution in [2.75, 3.05) is 31.5 Å². The fourth-order valence-corrected chi connectivity index (χ4v) is 7.51. The van der Waals surface area contributed by atoms with Crippen LogP contribution in [0.2, 0.25) is 0 Å². The number of sulfonamides is 2. The van der Waals surface area contributed by atoms with E-state index in [1.54, 1.807) is 36.9 Å². The Morgan fingerprint density at radius 1 is 1.12 bits per heavy atom. The molecule has 14 heteroatoms. The highest BCUT2D eigenvalue weighted by molar-refractivity contribution is 7.92. The lowest BCUT2D eigenvalue weighted by atomic mass is 10.0. The molecule has 2 N–H and O–H groups in total. The second-order valence-electron chi connectivity index (χ2n) is 11.1. The number of hydrogen-bond acceptors (Lipinski definition) is 9. The van der Waals surface area contributed by atoms with Gasteiger partial charge in [-0.05, 0) is 58.0 Å².